The highest BCUT2D eigenvalue weighted by Crippen LogP contribution is 2.11. The zero-order valence-electron chi connectivity index (χ0n) is 6.02. The number of carbonyl (C=O) groups is 2. The zero-order valence-corrected chi connectivity index (χ0v) is 7.53. The van der Waals surface area contributed by atoms with Gasteiger partial charge in [0.25, 0.3) is 10.5 Å². The molecule has 12 heavy (non-hydrogen) atoms. The van der Waals surface area contributed by atoms with Crippen LogP contribution < -0.4 is 0 Å². The van der Waals surface area contributed by atoms with Crippen LogP contribution in [-0.2, 0) is 0 Å². The first-order valence-corrected chi connectivity index (χ1v) is 3.74. The van der Waals surface area contributed by atoms with E-state index in [2.05, 4.69) is 9.97 Å². The standard InChI is InChI=1S/C6H4Cl2N2O2/c1-2-9-3(5(7)11)4(10-2)6(8)12/h1H3,(H,9,10). The van der Waals surface area contributed by atoms with Crippen LogP contribution in [0.25, 0.3) is 0 Å². The molecule has 0 fully saturated rings. The Morgan fingerprint density at radius 1 is 1.33 bits per heavy atom. The van der Waals surface area contributed by atoms with Crippen LogP contribution in [0.5, 0.6) is 0 Å². The summed E-state index contributed by atoms with van der Waals surface area (Å²) in [6.45, 7) is 1.59. The number of H-pyrrole nitrogens is 1. The van der Waals surface area contributed by atoms with Crippen LogP contribution in [0.2, 0.25) is 0 Å². The van der Waals surface area contributed by atoms with Crippen molar-refractivity contribution < 1.29 is 9.59 Å². The third-order valence-corrected chi connectivity index (χ3v) is 1.57. The molecule has 4 nitrogen and oxygen atoms in total. The quantitative estimate of drug-likeness (QED) is 0.747. The number of nitrogens with one attached hydrogen (secondary N) is 1. The molecule has 0 aliphatic rings. The van der Waals surface area contributed by atoms with Crippen molar-refractivity contribution in [2.24, 2.45) is 0 Å². The lowest BCUT2D eigenvalue weighted by atomic mass is 10.4. The van der Waals surface area contributed by atoms with Gasteiger partial charge in [-0.2, -0.15) is 0 Å². The normalized spacial score (nSPS) is 9.92. The highest BCUT2D eigenvalue weighted by molar-refractivity contribution is 6.71. The summed E-state index contributed by atoms with van der Waals surface area (Å²) >= 11 is 10.3. The van der Waals surface area contributed by atoms with Crippen LogP contribution in [-0.4, -0.2) is 20.5 Å². The molecule has 0 aromatic carbocycles. The van der Waals surface area contributed by atoms with Crippen molar-refractivity contribution in [3.8, 4) is 0 Å². The van der Waals surface area contributed by atoms with Crippen LogP contribution in [0.15, 0.2) is 0 Å². The molecule has 64 valence electrons. The third-order valence-electron chi connectivity index (χ3n) is 1.20. The van der Waals surface area contributed by atoms with Crippen molar-refractivity contribution in [3.05, 3.63) is 17.2 Å². The molecule has 0 saturated heterocycles. The number of halogens is 2. The molecule has 0 aliphatic heterocycles. The van der Waals surface area contributed by atoms with Gasteiger partial charge in [0.15, 0.2) is 5.69 Å². The molecule has 0 amide bonds. The fraction of sp³-hybridized carbons (Fsp3) is 0.167. The van der Waals surface area contributed by atoms with Gasteiger partial charge in [-0.05, 0) is 30.1 Å². The number of carbonyl (C=O) groups excluding carboxylic acids is 2. The number of aromatic nitrogens is 2. The molecule has 0 saturated carbocycles. The first kappa shape index (κ1) is 9.22. The van der Waals surface area contributed by atoms with E-state index < -0.39 is 10.5 Å². The lowest BCUT2D eigenvalue weighted by molar-refractivity contribution is 0.104. The van der Waals surface area contributed by atoms with Gasteiger partial charge < -0.3 is 4.98 Å². The van der Waals surface area contributed by atoms with Gasteiger partial charge in [-0.1, -0.05) is 0 Å². The molecular weight excluding hydrogens is 203 g/mol. The number of aromatic amines is 1. The SMILES string of the molecule is Cc1nc(C(=O)Cl)c(C(=O)Cl)[nH]1. The molecule has 0 unspecified atom stereocenters. The number of hydrogen-bond donors (Lipinski definition) is 1. The number of rotatable bonds is 2. The van der Waals surface area contributed by atoms with E-state index >= 15 is 0 Å². The predicted molar refractivity (Wildman–Crippen MR) is 43.7 cm³/mol. The maximum Gasteiger partial charge on any atom is 0.273 e. The summed E-state index contributed by atoms with van der Waals surface area (Å²) in [5, 5.41) is -1.58. The molecule has 1 N–H and O–H groups in total. The maximum absolute atomic E-state index is 10.7. The first-order valence-electron chi connectivity index (χ1n) is 2.98. The molecule has 0 aliphatic carbocycles. The Hall–Kier alpha value is -0.870. The summed E-state index contributed by atoms with van der Waals surface area (Å²) < 4.78 is 0. The maximum atomic E-state index is 10.7. The number of aryl methyl sites for hydroxylation is 1. The number of imidazole rings is 1. The largest absolute Gasteiger partial charge is 0.338 e. The van der Waals surface area contributed by atoms with Gasteiger partial charge in [-0.3, -0.25) is 9.59 Å². The van der Waals surface area contributed by atoms with E-state index in [1.807, 2.05) is 0 Å². The van der Waals surface area contributed by atoms with E-state index in [1.54, 1.807) is 6.92 Å². The van der Waals surface area contributed by atoms with Gasteiger partial charge in [0, 0.05) is 0 Å². The summed E-state index contributed by atoms with van der Waals surface area (Å²) in [6.07, 6.45) is 0. The van der Waals surface area contributed by atoms with Crippen LogP contribution in [0.3, 0.4) is 0 Å². The van der Waals surface area contributed by atoms with E-state index in [-0.39, 0.29) is 11.4 Å². The van der Waals surface area contributed by atoms with E-state index in [0.29, 0.717) is 5.82 Å². The van der Waals surface area contributed by atoms with Crippen LogP contribution in [0.1, 0.15) is 26.8 Å². The number of nitrogens with zero attached hydrogens (tertiary/aromatic N) is 1. The Morgan fingerprint density at radius 2 is 1.92 bits per heavy atom. The highest BCUT2D eigenvalue weighted by atomic mass is 35.5. The van der Waals surface area contributed by atoms with Crippen LogP contribution >= 0.6 is 23.2 Å². The minimum absolute atomic E-state index is 0.0610. The Balaban J connectivity index is 3.26. The van der Waals surface area contributed by atoms with E-state index in [9.17, 15) is 9.59 Å². The molecule has 0 bridgehead atoms. The molecule has 1 heterocycles. The Bertz CT molecular complexity index is 314. The van der Waals surface area contributed by atoms with Crippen molar-refractivity contribution in [1.29, 1.82) is 0 Å². The van der Waals surface area contributed by atoms with Crippen molar-refractivity contribution in [2.75, 3.05) is 0 Å². The van der Waals surface area contributed by atoms with E-state index in [4.69, 9.17) is 23.2 Å². The van der Waals surface area contributed by atoms with Crippen molar-refractivity contribution in [1.82, 2.24) is 9.97 Å². The number of hydrogen-bond acceptors (Lipinski definition) is 3. The molecule has 6 heteroatoms. The predicted octanol–water partition coefficient (Wildman–Crippen LogP) is 1.48. The van der Waals surface area contributed by atoms with Gasteiger partial charge in [-0.15, -0.1) is 0 Å². The third kappa shape index (κ3) is 1.65. The molecule has 1 rings (SSSR count). The van der Waals surface area contributed by atoms with Crippen molar-refractivity contribution in [2.45, 2.75) is 6.92 Å². The summed E-state index contributed by atoms with van der Waals surface area (Å²) in [5.41, 5.74) is -0.191. The Labute approximate surface area is 77.9 Å². The lowest BCUT2D eigenvalue weighted by Gasteiger charge is -1.87. The summed E-state index contributed by atoms with van der Waals surface area (Å²) in [5.74, 6) is 0.419. The van der Waals surface area contributed by atoms with Gasteiger partial charge in [0.05, 0.1) is 0 Å². The van der Waals surface area contributed by atoms with Gasteiger partial charge >= 0.3 is 0 Å². The Morgan fingerprint density at radius 3 is 2.25 bits per heavy atom. The van der Waals surface area contributed by atoms with Crippen molar-refractivity contribution in [3.63, 3.8) is 0 Å². The Kier molecular flexibility index (Phi) is 2.49. The second-order valence-corrected chi connectivity index (χ2v) is 2.78. The monoisotopic (exact) mass is 206 g/mol. The average Bonchev–Trinajstić information content (AvgIpc) is 2.31. The summed E-state index contributed by atoms with van der Waals surface area (Å²) in [4.78, 5) is 27.5. The molecule has 0 radical (unpaired) electrons. The minimum Gasteiger partial charge on any atom is -0.338 e. The minimum atomic E-state index is -0.802. The van der Waals surface area contributed by atoms with E-state index in [1.165, 1.54) is 0 Å². The van der Waals surface area contributed by atoms with Crippen LogP contribution in [0.4, 0.5) is 0 Å². The highest BCUT2D eigenvalue weighted by Gasteiger charge is 2.18. The van der Waals surface area contributed by atoms with Crippen molar-refractivity contribution >= 4 is 33.7 Å². The molecule has 0 atom stereocenters. The molecule has 1 aromatic heterocycles. The smallest absolute Gasteiger partial charge is 0.273 e. The van der Waals surface area contributed by atoms with Crippen LogP contribution in [0, 0.1) is 6.92 Å². The fourth-order valence-electron chi connectivity index (χ4n) is 0.776. The molecular formula is C6H4Cl2N2O2. The summed E-state index contributed by atoms with van der Waals surface area (Å²) in [6, 6.07) is 0. The lowest BCUT2D eigenvalue weighted by Crippen LogP contribution is -1.99. The first-order chi connectivity index (χ1) is 5.52. The second kappa shape index (κ2) is 3.25. The molecule has 0 spiro atoms. The average molecular weight is 207 g/mol. The van der Waals surface area contributed by atoms with Gasteiger partial charge in [0.1, 0.15) is 11.5 Å². The second-order valence-electron chi connectivity index (χ2n) is 2.09. The fourth-order valence-corrected chi connectivity index (χ4v) is 1.05. The zero-order chi connectivity index (χ0) is 9.30. The van der Waals surface area contributed by atoms with Gasteiger partial charge in [0.2, 0.25) is 0 Å². The van der Waals surface area contributed by atoms with E-state index in [0.717, 1.165) is 0 Å². The topological polar surface area (TPSA) is 62.8 Å². The molecule has 1 aromatic rings. The van der Waals surface area contributed by atoms with Gasteiger partial charge in [-0.25, -0.2) is 4.98 Å². The summed E-state index contributed by atoms with van der Waals surface area (Å²) in [7, 11) is 0.